The Labute approximate surface area is 175 Å². The number of thiazole rings is 1. The number of aryl methyl sites for hydroxylation is 1. The van der Waals surface area contributed by atoms with E-state index in [1.165, 1.54) is 5.56 Å². The summed E-state index contributed by atoms with van der Waals surface area (Å²) in [6.07, 6.45) is 0. The highest BCUT2D eigenvalue weighted by Crippen LogP contribution is 2.34. The average Bonchev–Trinajstić information content (AvgIpc) is 3.16. The predicted molar refractivity (Wildman–Crippen MR) is 122 cm³/mol. The van der Waals surface area contributed by atoms with Crippen LogP contribution < -0.4 is 4.90 Å². The largest absolute Gasteiger partial charge is 0.279 e. The molecule has 0 atom stereocenters. The summed E-state index contributed by atoms with van der Waals surface area (Å²) < 4.78 is 1.11. The first kappa shape index (κ1) is 19.3. The van der Waals surface area contributed by atoms with Crippen molar-refractivity contribution in [1.29, 1.82) is 0 Å². The van der Waals surface area contributed by atoms with Crippen molar-refractivity contribution >= 4 is 32.6 Å². The van der Waals surface area contributed by atoms with Gasteiger partial charge in [-0.1, -0.05) is 85.3 Å². The quantitative estimate of drug-likeness (QED) is 0.379. The van der Waals surface area contributed by atoms with E-state index < -0.39 is 0 Å². The summed E-state index contributed by atoms with van der Waals surface area (Å²) in [7, 11) is 0. The third-order valence-electron chi connectivity index (χ3n) is 4.99. The molecule has 3 nitrogen and oxygen atoms in total. The summed E-state index contributed by atoms with van der Waals surface area (Å²) in [4.78, 5) is 20.2. The van der Waals surface area contributed by atoms with Gasteiger partial charge in [-0.05, 0) is 42.2 Å². The molecule has 0 unspecified atom stereocenters. The van der Waals surface area contributed by atoms with Crippen molar-refractivity contribution in [2.75, 3.05) is 4.90 Å². The van der Waals surface area contributed by atoms with Crippen LogP contribution in [0.2, 0.25) is 0 Å². The first-order valence-electron chi connectivity index (χ1n) is 9.85. The van der Waals surface area contributed by atoms with Crippen LogP contribution in [0, 0.1) is 6.92 Å². The van der Waals surface area contributed by atoms with Gasteiger partial charge in [0.1, 0.15) is 0 Å². The summed E-state index contributed by atoms with van der Waals surface area (Å²) in [5, 5.41) is 0.739. The van der Waals surface area contributed by atoms with Gasteiger partial charge in [0.15, 0.2) is 5.13 Å². The van der Waals surface area contributed by atoms with Crippen LogP contribution in [0.5, 0.6) is 0 Å². The number of nitrogens with zero attached hydrogens (tertiary/aromatic N) is 2. The minimum absolute atomic E-state index is 0.0253. The Morgan fingerprint density at radius 3 is 2.48 bits per heavy atom. The van der Waals surface area contributed by atoms with Crippen LogP contribution in [-0.2, 0) is 6.54 Å². The number of fused-ring (bicyclic) bond motifs is 1. The van der Waals surface area contributed by atoms with Gasteiger partial charge in [0, 0.05) is 5.56 Å². The number of carbonyl (C=O) groups is 1. The van der Waals surface area contributed by atoms with E-state index in [1.807, 2.05) is 61.5 Å². The van der Waals surface area contributed by atoms with E-state index in [0.717, 1.165) is 26.5 Å². The SMILES string of the molecule is Cc1cccc(C(=O)N(Cc2ccccc2)c2nc3c(C(C)C)cccc3s2)c1. The van der Waals surface area contributed by atoms with Crippen LogP contribution in [0.25, 0.3) is 10.2 Å². The lowest BCUT2D eigenvalue weighted by Crippen LogP contribution is -2.30. The number of benzene rings is 3. The fourth-order valence-electron chi connectivity index (χ4n) is 3.47. The molecule has 146 valence electrons. The maximum absolute atomic E-state index is 13.5. The summed E-state index contributed by atoms with van der Waals surface area (Å²) in [5.41, 5.74) is 5.05. The van der Waals surface area contributed by atoms with Gasteiger partial charge in [0.25, 0.3) is 5.91 Å². The molecule has 1 aromatic heterocycles. The third kappa shape index (κ3) is 4.08. The molecule has 1 heterocycles. The van der Waals surface area contributed by atoms with Crippen molar-refractivity contribution in [3.63, 3.8) is 0 Å². The van der Waals surface area contributed by atoms with Gasteiger partial charge in [-0.15, -0.1) is 0 Å². The highest BCUT2D eigenvalue weighted by atomic mass is 32.1. The molecule has 0 fully saturated rings. The number of rotatable bonds is 5. The van der Waals surface area contributed by atoms with E-state index in [1.54, 1.807) is 16.2 Å². The van der Waals surface area contributed by atoms with Crippen molar-refractivity contribution in [3.05, 3.63) is 95.1 Å². The van der Waals surface area contributed by atoms with Gasteiger partial charge in [-0.2, -0.15) is 0 Å². The summed E-state index contributed by atoms with van der Waals surface area (Å²) >= 11 is 1.58. The first-order valence-corrected chi connectivity index (χ1v) is 10.7. The molecule has 0 spiro atoms. The van der Waals surface area contributed by atoms with Gasteiger partial charge >= 0.3 is 0 Å². The van der Waals surface area contributed by atoms with Crippen LogP contribution in [0.3, 0.4) is 0 Å². The zero-order chi connectivity index (χ0) is 20.4. The fraction of sp³-hybridized carbons (Fsp3) is 0.200. The number of amides is 1. The van der Waals surface area contributed by atoms with E-state index in [-0.39, 0.29) is 5.91 Å². The van der Waals surface area contributed by atoms with E-state index >= 15 is 0 Å². The molecule has 4 rings (SSSR count). The molecule has 3 aromatic carbocycles. The van der Waals surface area contributed by atoms with Crippen LogP contribution >= 0.6 is 11.3 Å². The number of carbonyl (C=O) groups excluding carboxylic acids is 1. The Bertz CT molecular complexity index is 1150. The molecule has 0 N–H and O–H groups in total. The second-order valence-corrected chi connectivity index (χ2v) is 8.60. The maximum Gasteiger partial charge on any atom is 0.260 e. The Morgan fingerprint density at radius 1 is 1.00 bits per heavy atom. The van der Waals surface area contributed by atoms with E-state index in [2.05, 4.69) is 32.0 Å². The molecule has 1 amide bonds. The molecule has 0 radical (unpaired) electrons. The monoisotopic (exact) mass is 400 g/mol. The molecule has 29 heavy (non-hydrogen) atoms. The van der Waals surface area contributed by atoms with Crippen molar-refractivity contribution < 1.29 is 4.79 Å². The molecular formula is C25H24N2OS. The summed E-state index contributed by atoms with van der Waals surface area (Å²) in [5.74, 6) is 0.353. The predicted octanol–water partition coefficient (Wildman–Crippen LogP) is 6.58. The van der Waals surface area contributed by atoms with Crippen LogP contribution in [0.1, 0.15) is 46.8 Å². The first-order chi connectivity index (χ1) is 14.0. The zero-order valence-electron chi connectivity index (χ0n) is 16.9. The summed E-state index contributed by atoms with van der Waals surface area (Å²) in [6, 6.07) is 24.1. The highest BCUT2D eigenvalue weighted by molar-refractivity contribution is 7.22. The van der Waals surface area contributed by atoms with Gasteiger partial charge in [0.2, 0.25) is 0 Å². The van der Waals surface area contributed by atoms with Crippen LogP contribution in [-0.4, -0.2) is 10.9 Å². The number of aromatic nitrogens is 1. The lowest BCUT2D eigenvalue weighted by atomic mass is 10.0. The van der Waals surface area contributed by atoms with Crippen LogP contribution in [0.15, 0.2) is 72.8 Å². The molecule has 4 aromatic rings. The van der Waals surface area contributed by atoms with Gasteiger partial charge < -0.3 is 0 Å². The Kier molecular flexibility index (Phi) is 5.45. The lowest BCUT2D eigenvalue weighted by molar-refractivity contribution is 0.0985. The molecule has 0 bridgehead atoms. The fourth-order valence-corrected chi connectivity index (χ4v) is 4.46. The second kappa shape index (κ2) is 8.18. The van der Waals surface area contributed by atoms with E-state index in [9.17, 15) is 4.79 Å². The highest BCUT2D eigenvalue weighted by Gasteiger charge is 2.23. The van der Waals surface area contributed by atoms with Gasteiger partial charge in [-0.3, -0.25) is 9.69 Å². The molecule has 0 aliphatic carbocycles. The van der Waals surface area contributed by atoms with E-state index in [0.29, 0.717) is 18.0 Å². The molecule has 0 saturated carbocycles. The van der Waals surface area contributed by atoms with Crippen molar-refractivity contribution in [3.8, 4) is 0 Å². The molecule has 0 aliphatic rings. The van der Waals surface area contributed by atoms with Crippen molar-refractivity contribution in [1.82, 2.24) is 4.98 Å². The topological polar surface area (TPSA) is 33.2 Å². The Hall–Kier alpha value is -2.98. The minimum atomic E-state index is -0.0253. The standard InChI is InChI=1S/C25H24N2OS/c1-17(2)21-13-8-14-22-23(21)26-25(29-22)27(16-19-10-5-4-6-11-19)24(28)20-12-7-9-18(3)15-20/h4-15,17H,16H2,1-3H3. The third-order valence-corrected chi connectivity index (χ3v) is 6.03. The van der Waals surface area contributed by atoms with Gasteiger partial charge in [0.05, 0.1) is 16.8 Å². The number of para-hydroxylation sites is 1. The summed E-state index contributed by atoms with van der Waals surface area (Å²) in [6.45, 7) is 6.84. The van der Waals surface area contributed by atoms with Crippen LogP contribution in [0.4, 0.5) is 5.13 Å². The molecule has 0 aliphatic heterocycles. The smallest absolute Gasteiger partial charge is 0.260 e. The van der Waals surface area contributed by atoms with E-state index in [4.69, 9.17) is 4.98 Å². The minimum Gasteiger partial charge on any atom is -0.279 e. The number of hydrogen-bond acceptors (Lipinski definition) is 3. The Morgan fingerprint density at radius 2 is 1.76 bits per heavy atom. The van der Waals surface area contributed by atoms with Crippen molar-refractivity contribution in [2.45, 2.75) is 33.2 Å². The normalized spacial score (nSPS) is 11.2. The van der Waals surface area contributed by atoms with Gasteiger partial charge in [-0.25, -0.2) is 4.98 Å². The molecular weight excluding hydrogens is 376 g/mol. The molecule has 4 heteroatoms. The average molecular weight is 401 g/mol. The molecule has 0 saturated heterocycles. The van der Waals surface area contributed by atoms with Crippen molar-refractivity contribution in [2.24, 2.45) is 0 Å². The zero-order valence-corrected chi connectivity index (χ0v) is 17.7. The maximum atomic E-state index is 13.5. The second-order valence-electron chi connectivity index (χ2n) is 7.59. The Balaban J connectivity index is 1.81. The lowest BCUT2D eigenvalue weighted by Gasteiger charge is -2.20. The number of anilines is 1. The number of hydrogen-bond donors (Lipinski definition) is 0.